The summed E-state index contributed by atoms with van der Waals surface area (Å²) in [5, 5.41) is 35.9. The van der Waals surface area contributed by atoms with Crippen LogP contribution in [0.2, 0.25) is 0 Å². The molecule has 0 aromatic rings. The third-order valence-corrected chi connectivity index (χ3v) is 1.55. The molecule has 0 aliphatic carbocycles. The lowest BCUT2D eigenvalue weighted by molar-refractivity contribution is -0.176. The van der Waals surface area contributed by atoms with Gasteiger partial charge in [0, 0.05) is 0 Å². The van der Waals surface area contributed by atoms with Crippen molar-refractivity contribution in [2.75, 3.05) is 6.61 Å². The van der Waals surface area contributed by atoms with Gasteiger partial charge in [-0.1, -0.05) is 0 Å². The van der Waals surface area contributed by atoms with Crippen LogP contribution >= 0.6 is 0 Å². The summed E-state index contributed by atoms with van der Waals surface area (Å²) in [7, 11) is 0. The molecule has 0 aliphatic rings. The molecule has 0 aliphatic heterocycles. The summed E-state index contributed by atoms with van der Waals surface area (Å²) >= 11 is 0. The maximum Gasteiger partial charge on any atom is 0.338 e. The van der Waals surface area contributed by atoms with Gasteiger partial charge >= 0.3 is 5.97 Å². The van der Waals surface area contributed by atoms with E-state index >= 15 is 0 Å². The molecule has 0 aromatic heterocycles. The fraction of sp³-hybridized carbons (Fsp3) is 0.889. The van der Waals surface area contributed by atoms with Crippen molar-refractivity contribution >= 4 is 5.97 Å². The van der Waals surface area contributed by atoms with Crippen LogP contribution in [0.4, 0.5) is 0 Å². The van der Waals surface area contributed by atoms with E-state index in [1.165, 1.54) is 0 Å². The topological polar surface area (TPSA) is 107 Å². The fourth-order valence-electron chi connectivity index (χ4n) is 0.820. The molecular formula is C9H18O6. The van der Waals surface area contributed by atoms with Crippen LogP contribution in [0.3, 0.4) is 0 Å². The van der Waals surface area contributed by atoms with E-state index in [2.05, 4.69) is 0 Å². The molecule has 0 rings (SSSR count). The number of carbonyl (C=O) groups excluding carboxylic acids is 1. The minimum atomic E-state index is -1.87. The van der Waals surface area contributed by atoms with Crippen molar-refractivity contribution in [3.63, 3.8) is 0 Å². The minimum Gasteiger partial charge on any atom is -0.458 e. The predicted molar refractivity (Wildman–Crippen MR) is 51.0 cm³/mol. The lowest BCUT2D eigenvalue weighted by Crippen LogP contribution is -2.46. The zero-order valence-corrected chi connectivity index (χ0v) is 9.04. The third-order valence-electron chi connectivity index (χ3n) is 1.55. The molecule has 4 N–H and O–H groups in total. The van der Waals surface area contributed by atoms with Gasteiger partial charge in [-0.15, -0.1) is 0 Å². The van der Waals surface area contributed by atoms with Crippen molar-refractivity contribution in [3.8, 4) is 0 Å². The van der Waals surface area contributed by atoms with Crippen molar-refractivity contribution in [1.82, 2.24) is 0 Å². The summed E-state index contributed by atoms with van der Waals surface area (Å²) in [6.45, 7) is 4.06. The summed E-state index contributed by atoms with van der Waals surface area (Å²) in [6.07, 6.45) is -5.20. The first-order valence-corrected chi connectivity index (χ1v) is 4.57. The Balaban J connectivity index is 4.32. The Bertz CT molecular complexity index is 209. The number of carbonyl (C=O) groups is 1. The summed E-state index contributed by atoms with van der Waals surface area (Å²) in [5.41, 5.74) is -0.790. The van der Waals surface area contributed by atoms with E-state index in [1.807, 2.05) is 0 Å². The van der Waals surface area contributed by atoms with Gasteiger partial charge < -0.3 is 25.2 Å². The zero-order valence-electron chi connectivity index (χ0n) is 9.04. The van der Waals surface area contributed by atoms with Crippen molar-refractivity contribution < 1.29 is 30.0 Å². The Kier molecular flexibility index (Phi) is 5.16. The fourth-order valence-corrected chi connectivity index (χ4v) is 0.820. The molecule has 0 bridgehead atoms. The SMILES string of the molecule is CC(C)(C)OC(=O)C(O)[C@@H](O)[C@H](O)CO. The summed E-state index contributed by atoms with van der Waals surface area (Å²) in [6, 6.07) is 0. The molecule has 1 unspecified atom stereocenters. The van der Waals surface area contributed by atoms with E-state index in [9.17, 15) is 15.0 Å². The first-order chi connectivity index (χ1) is 6.69. The number of hydrogen-bond acceptors (Lipinski definition) is 6. The largest absolute Gasteiger partial charge is 0.458 e. The highest BCUT2D eigenvalue weighted by molar-refractivity contribution is 5.75. The minimum absolute atomic E-state index is 0.749. The van der Waals surface area contributed by atoms with Gasteiger partial charge in [-0.25, -0.2) is 4.79 Å². The number of esters is 1. The standard InChI is InChI=1S/C9H18O6/c1-9(2,3)15-8(14)7(13)6(12)5(11)4-10/h5-7,10-13H,4H2,1-3H3/t5-,6+,7?/m1/s1. The van der Waals surface area contributed by atoms with E-state index in [0.29, 0.717) is 0 Å². The van der Waals surface area contributed by atoms with Gasteiger partial charge in [-0.2, -0.15) is 0 Å². The maximum atomic E-state index is 11.2. The van der Waals surface area contributed by atoms with Crippen LogP contribution in [-0.2, 0) is 9.53 Å². The first kappa shape index (κ1) is 14.3. The summed E-state index contributed by atoms with van der Waals surface area (Å²) in [4.78, 5) is 11.2. The molecule has 3 atom stereocenters. The van der Waals surface area contributed by atoms with E-state index in [1.54, 1.807) is 20.8 Å². The van der Waals surface area contributed by atoms with Crippen molar-refractivity contribution in [3.05, 3.63) is 0 Å². The second-order valence-electron chi connectivity index (χ2n) is 4.22. The van der Waals surface area contributed by atoms with E-state index < -0.39 is 36.5 Å². The lowest BCUT2D eigenvalue weighted by Gasteiger charge is -2.25. The second-order valence-corrected chi connectivity index (χ2v) is 4.22. The van der Waals surface area contributed by atoms with E-state index in [4.69, 9.17) is 14.9 Å². The first-order valence-electron chi connectivity index (χ1n) is 4.57. The molecule has 6 heteroatoms. The Morgan fingerprint density at radius 1 is 1.27 bits per heavy atom. The Morgan fingerprint density at radius 3 is 2.07 bits per heavy atom. The molecule has 15 heavy (non-hydrogen) atoms. The number of aliphatic hydroxyl groups is 4. The highest BCUT2D eigenvalue weighted by Gasteiger charge is 2.33. The molecule has 0 fully saturated rings. The van der Waals surface area contributed by atoms with Crippen LogP contribution in [0.25, 0.3) is 0 Å². The highest BCUT2D eigenvalue weighted by Crippen LogP contribution is 2.11. The average Bonchev–Trinajstić information content (AvgIpc) is 2.11. The van der Waals surface area contributed by atoms with Crippen LogP contribution in [0, 0.1) is 0 Å². The van der Waals surface area contributed by atoms with E-state index in [-0.39, 0.29) is 0 Å². The molecule has 0 saturated heterocycles. The Labute approximate surface area is 88.1 Å². The monoisotopic (exact) mass is 222 g/mol. The molecule has 0 radical (unpaired) electrons. The van der Waals surface area contributed by atoms with Gasteiger partial charge in [-0.05, 0) is 20.8 Å². The van der Waals surface area contributed by atoms with E-state index in [0.717, 1.165) is 0 Å². The van der Waals surface area contributed by atoms with Crippen molar-refractivity contribution in [2.24, 2.45) is 0 Å². The quantitative estimate of drug-likeness (QED) is 0.427. The van der Waals surface area contributed by atoms with Gasteiger partial charge in [-0.3, -0.25) is 0 Å². The summed E-state index contributed by atoms with van der Waals surface area (Å²) in [5.74, 6) is -1.04. The normalized spacial score (nSPS) is 18.1. The Morgan fingerprint density at radius 2 is 1.73 bits per heavy atom. The summed E-state index contributed by atoms with van der Waals surface area (Å²) < 4.78 is 4.77. The van der Waals surface area contributed by atoms with Gasteiger partial charge in [0.05, 0.1) is 6.61 Å². The van der Waals surface area contributed by atoms with Gasteiger partial charge in [0.25, 0.3) is 0 Å². The molecule has 6 nitrogen and oxygen atoms in total. The molecule has 0 saturated carbocycles. The molecule has 90 valence electrons. The molecule has 0 amide bonds. The highest BCUT2D eigenvalue weighted by atomic mass is 16.6. The molecule has 0 heterocycles. The number of aliphatic hydroxyl groups excluding tert-OH is 4. The second kappa shape index (κ2) is 5.41. The van der Waals surface area contributed by atoms with Gasteiger partial charge in [0.15, 0.2) is 6.10 Å². The molecule has 0 spiro atoms. The molecule has 0 aromatic carbocycles. The average molecular weight is 222 g/mol. The van der Waals surface area contributed by atoms with Crippen molar-refractivity contribution in [1.29, 1.82) is 0 Å². The molecular weight excluding hydrogens is 204 g/mol. The van der Waals surface area contributed by atoms with Crippen LogP contribution < -0.4 is 0 Å². The van der Waals surface area contributed by atoms with Gasteiger partial charge in [0.1, 0.15) is 17.8 Å². The van der Waals surface area contributed by atoms with Crippen LogP contribution in [0.1, 0.15) is 20.8 Å². The number of rotatable bonds is 4. The smallest absolute Gasteiger partial charge is 0.338 e. The third kappa shape index (κ3) is 5.08. The van der Waals surface area contributed by atoms with Crippen LogP contribution in [0.15, 0.2) is 0 Å². The van der Waals surface area contributed by atoms with Crippen LogP contribution in [-0.4, -0.2) is 56.9 Å². The van der Waals surface area contributed by atoms with Gasteiger partial charge in [0.2, 0.25) is 0 Å². The predicted octanol–water partition coefficient (Wildman–Crippen LogP) is -1.60. The maximum absolute atomic E-state index is 11.2. The lowest BCUT2D eigenvalue weighted by atomic mass is 10.1. The Hall–Kier alpha value is -0.690. The van der Waals surface area contributed by atoms with Crippen LogP contribution in [0.5, 0.6) is 0 Å². The number of ether oxygens (including phenoxy) is 1. The number of hydrogen-bond donors (Lipinski definition) is 4. The van der Waals surface area contributed by atoms with Crippen molar-refractivity contribution in [2.45, 2.75) is 44.7 Å². The zero-order chi connectivity index (χ0) is 12.2.